The Morgan fingerprint density at radius 1 is 1.56 bits per heavy atom. The van der Waals surface area contributed by atoms with Crippen molar-refractivity contribution in [2.75, 3.05) is 18.1 Å². The minimum absolute atomic E-state index is 0.0809. The third kappa shape index (κ3) is 4.58. The zero-order valence-corrected chi connectivity index (χ0v) is 10.9. The molecule has 0 bridgehead atoms. The largest absolute Gasteiger partial charge is 0.465 e. The SMILES string of the molecule is CCOC(=O)CS(=O)(=O)C=C1SCC(=O)S1. The van der Waals surface area contributed by atoms with Crippen molar-refractivity contribution >= 4 is 44.4 Å². The highest BCUT2D eigenvalue weighted by Gasteiger charge is 2.22. The topological polar surface area (TPSA) is 77.5 Å². The quantitative estimate of drug-likeness (QED) is 0.705. The van der Waals surface area contributed by atoms with Crippen LogP contribution in [0.4, 0.5) is 0 Å². The highest BCUT2D eigenvalue weighted by molar-refractivity contribution is 8.34. The summed E-state index contributed by atoms with van der Waals surface area (Å²) in [4.78, 5) is 21.9. The molecule has 1 heterocycles. The normalized spacial score (nSPS) is 19.1. The van der Waals surface area contributed by atoms with Gasteiger partial charge in [0.2, 0.25) is 5.12 Å². The lowest BCUT2D eigenvalue weighted by molar-refractivity contribution is -0.139. The molecule has 90 valence electrons. The first-order chi connectivity index (χ1) is 7.43. The summed E-state index contributed by atoms with van der Waals surface area (Å²) >= 11 is 2.05. The Bertz CT molecular complexity index is 423. The summed E-state index contributed by atoms with van der Waals surface area (Å²) in [6.45, 7) is 1.75. The molecule has 0 aromatic rings. The van der Waals surface area contributed by atoms with E-state index in [2.05, 4.69) is 4.74 Å². The lowest BCUT2D eigenvalue weighted by atomic mass is 10.8. The molecule has 1 aliphatic heterocycles. The van der Waals surface area contributed by atoms with Crippen molar-refractivity contribution in [3.63, 3.8) is 0 Å². The first kappa shape index (κ1) is 13.6. The maximum Gasteiger partial charge on any atom is 0.321 e. The van der Waals surface area contributed by atoms with Gasteiger partial charge >= 0.3 is 5.97 Å². The Labute approximate surface area is 102 Å². The van der Waals surface area contributed by atoms with Crippen molar-refractivity contribution in [3.05, 3.63) is 9.65 Å². The fourth-order valence-corrected chi connectivity index (χ4v) is 4.64. The molecule has 1 rings (SSSR count). The smallest absolute Gasteiger partial charge is 0.321 e. The molecule has 0 spiro atoms. The Morgan fingerprint density at radius 2 is 2.25 bits per heavy atom. The van der Waals surface area contributed by atoms with E-state index in [0.717, 1.165) is 28.9 Å². The Morgan fingerprint density at radius 3 is 2.75 bits per heavy atom. The molecule has 0 aromatic heterocycles. The van der Waals surface area contributed by atoms with Crippen LogP contribution < -0.4 is 0 Å². The lowest BCUT2D eigenvalue weighted by Crippen LogP contribution is -2.16. The standard InChI is InChI=1S/C8H10O5S3/c1-2-13-6(9)4-16(11,12)5-8-14-3-7(10)15-8/h5H,2-4H2,1H3. The van der Waals surface area contributed by atoms with Crippen LogP contribution in [0.15, 0.2) is 9.65 Å². The predicted octanol–water partition coefficient (Wildman–Crippen LogP) is 0.770. The van der Waals surface area contributed by atoms with Crippen molar-refractivity contribution in [1.82, 2.24) is 0 Å². The van der Waals surface area contributed by atoms with Crippen LogP contribution in [0.2, 0.25) is 0 Å². The van der Waals surface area contributed by atoms with Gasteiger partial charge in [0.15, 0.2) is 15.6 Å². The first-order valence-corrected chi connectivity index (χ1v) is 7.88. The average Bonchev–Trinajstić information content (AvgIpc) is 2.49. The van der Waals surface area contributed by atoms with Gasteiger partial charge in [0.05, 0.1) is 22.0 Å². The highest BCUT2D eigenvalue weighted by atomic mass is 32.2. The van der Waals surface area contributed by atoms with E-state index < -0.39 is 21.6 Å². The van der Waals surface area contributed by atoms with Crippen LogP contribution in [-0.4, -0.2) is 37.6 Å². The second kappa shape index (κ2) is 5.74. The van der Waals surface area contributed by atoms with Crippen molar-refractivity contribution in [1.29, 1.82) is 0 Å². The van der Waals surface area contributed by atoms with E-state index in [9.17, 15) is 18.0 Å². The van der Waals surface area contributed by atoms with Gasteiger partial charge in [-0.3, -0.25) is 9.59 Å². The number of thioether (sulfide) groups is 2. The number of ether oxygens (including phenoxy) is 1. The molecule has 0 unspecified atom stereocenters. The Kier molecular flexibility index (Phi) is 4.88. The van der Waals surface area contributed by atoms with E-state index in [-0.39, 0.29) is 17.5 Å². The number of carbonyl (C=O) groups excluding carboxylic acids is 2. The van der Waals surface area contributed by atoms with Gasteiger partial charge in [0, 0.05) is 0 Å². The number of rotatable bonds is 4. The Balaban J connectivity index is 2.65. The molecule has 16 heavy (non-hydrogen) atoms. The zero-order chi connectivity index (χ0) is 12.2. The third-order valence-electron chi connectivity index (χ3n) is 1.45. The van der Waals surface area contributed by atoms with Crippen LogP contribution >= 0.6 is 23.5 Å². The van der Waals surface area contributed by atoms with Gasteiger partial charge in [-0.25, -0.2) is 8.42 Å². The fraction of sp³-hybridized carbons (Fsp3) is 0.500. The second-order valence-electron chi connectivity index (χ2n) is 2.81. The highest BCUT2D eigenvalue weighted by Crippen LogP contribution is 2.37. The minimum Gasteiger partial charge on any atom is -0.465 e. The van der Waals surface area contributed by atoms with Crippen LogP contribution in [-0.2, 0) is 24.2 Å². The molecule has 0 amide bonds. The van der Waals surface area contributed by atoms with E-state index in [1.165, 1.54) is 0 Å². The van der Waals surface area contributed by atoms with E-state index in [1.54, 1.807) is 6.92 Å². The number of esters is 1. The summed E-state index contributed by atoms with van der Waals surface area (Å²) < 4.78 is 27.9. The number of carbonyl (C=O) groups is 2. The van der Waals surface area contributed by atoms with Crippen molar-refractivity contribution in [2.45, 2.75) is 6.92 Å². The molecular weight excluding hydrogens is 272 g/mol. The summed E-state index contributed by atoms with van der Waals surface area (Å²) in [5, 5.41) is 0.882. The van der Waals surface area contributed by atoms with Crippen LogP contribution in [0.25, 0.3) is 0 Å². The summed E-state index contributed by atoms with van der Waals surface area (Å²) in [6, 6.07) is 0. The van der Waals surface area contributed by atoms with Crippen LogP contribution in [0.5, 0.6) is 0 Å². The van der Waals surface area contributed by atoms with Gasteiger partial charge in [-0.05, 0) is 18.7 Å². The van der Waals surface area contributed by atoms with Gasteiger partial charge in [-0.15, -0.1) is 11.8 Å². The molecule has 0 aliphatic carbocycles. The molecule has 5 nitrogen and oxygen atoms in total. The maximum atomic E-state index is 11.5. The molecular formula is C8H10O5S3. The monoisotopic (exact) mass is 282 g/mol. The van der Waals surface area contributed by atoms with Gasteiger partial charge in [-0.1, -0.05) is 0 Å². The maximum absolute atomic E-state index is 11.5. The molecule has 1 saturated heterocycles. The van der Waals surface area contributed by atoms with E-state index in [0.29, 0.717) is 4.24 Å². The molecule has 0 saturated carbocycles. The average molecular weight is 282 g/mol. The molecule has 0 radical (unpaired) electrons. The van der Waals surface area contributed by atoms with E-state index in [4.69, 9.17) is 0 Å². The van der Waals surface area contributed by atoms with Crippen molar-refractivity contribution < 1.29 is 22.7 Å². The zero-order valence-electron chi connectivity index (χ0n) is 8.46. The number of hydrogen-bond donors (Lipinski definition) is 0. The summed E-state index contributed by atoms with van der Waals surface area (Å²) in [7, 11) is -3.64. The molecule has 0 atom stereocenters. The van der Waals surface area contributed by atoms with Crippen LogP contribution in [0.3, 0.4) is 0 Å². The molecule has 0 N–H and O–H groups in total. The van der Waals surface area contributed by atoms with Gasteiger partial charge in [0.25, 0.3) is 0 Å². The molecule has 8 heteroatoms. The minimum atomic E-state index is -3.64. The molecule has 1 fully saturated rings. The number of hydrogen-bond acceptors (Lipinski definition) is 7. The van der Waals surface area contributed by atoms with Gasteiger partial charge in [-0.2, -0.15) is 0 Å². The predicted molar refractivity (Wildman–Crippen MR) is 63.6 cm³/mol. The van der Waals surface area contributed by atoms with E-state index in [1.807, 2.05) is 0 Å². The van der Waals surface area contributed by atoms with E-state index >= 15 is 0 Å². The van der Waals surface area contributed by atoms with Crippen LogP contribution in [0, 0.1) is 0 Å². The van der Waals surface area contributed by atoms with Crippen molar-refractivity contribution in [3.8, 4) is 0 Å². The fourth-order valence-electron chi connectivity index (χ4n) is 0.914. The van der Waals surface area contributed by atoms with Gasteiger partial charge in [0.1, 0.15) is 0 Å². The third-order valence-corrected chi connectivity index (χ3v) is 5.26. The summed E-state index contributed by atoms with van der Waals surface area (Å²) in [5.41, 5.74) is 0. The van der Waals surface area contributed by atoms with Crippen molar-refractivity contribution in [2.24, 2.45) is 0 Å². The van der Waals surface area contributed by atoms with Gasteiger partial charge < -0.3 is 4.74 Å². The second-order valence-corrected chi connectivity index (χ2v) is 7.04. The molecule has 0 aromatic carbocycles. The Hall–Kier alpha value is -0.470. The van der Waals surface area contributed by atoms with Crippen LogP contribution in [0.1, 0.15) is 6.92 Å². The molecule has 1 aliphatic rings. The lowest BCUT2D eigenvalue weighted by Gasteiger charge is -2.00. The summed E-state index contributed by atoms with van der Waals surface area (Å²) in [5.74, 6) is -1.19. The number of sulfone groups is 1. The summed E-state index contributed by atoms with van der Waals surface area (Å²) in [6.07, 6.45) is 0. The first-order valence-electron chi connectivity index (χ1n) is 4.36.